The summed E-state index contributed by atoms with van der Waals surface area (Å²) in [5.41, 5.74) is 9.95. The minimum Gasteiger partial charge on any atom is -0.497 e. The predicted molar refractivity (Wildman–Crippen MR) is 64.5 cm³/mol. The first-order valence-electron chi connectivity index (χ1n) is 5.08. The second kappa shape index (κ2) is 3.89. The largest absolute Gasteiger partial charge is 0.497 e. The zero-order valence-electron chi connectivity index (χ0n) is 9.66. The molecule has 1 heterocycles. The topological polar surface area (TPSA) is 63.9 Å². The highest BCUT2D eigenvalue weighted by Gasteiger charge is 2.10. The molecule has 16 heavy (non-hydrogen) atoms. The van der Waals surface area contributed by atoms with Gasteiger partial charge in [-0.15, -0.1) is 0 Å². The number of nitrogens with two attached hydrogens (primary N) is 1. The highest BCUT2D eigenvalue weighted by molar-refractivity contribution is 5.70. The summed E-state index contributed by atoms with van der Waals surface area (Å²) < 4.78 is 5.22. The van der Waals surface area contributed by atoms with Crippen molar-refractivity contribution in [3.63, 3.8) is 0 Å². The summed E-state index contributed by atoms with van der Waals surface area (Å²) in [7, 11) is 1.67. The van der Waals surface area contributed by atoms with Crippen molar-refractivity contribution in [1.82, 2.24) is 10.2 Å². The van der Waals surface area contributed by atoms with E-state index in [2.05, 4.69) is 10.2 Å². The molecule has 0 unspecified atom stereocenters. The number of nitrogen functional groups attached to an aromatic ring is 1. The molecule has 1 aromatic carbocycles. The summed E-state index contributed by atoms with van der Waals surface area (Å²) in [6, 6.07) is 5.83. The third-order valence-corrected chi connectivity index (χ3v) is 2.61. The van der Waals surface area contributed by atoms with E-state index in [4.69, 9.17) is 10.5 Å². The summed E-state index contributed by atoms with van der Waals surface area (Å²) in [6.45, 7) is 4.09. The third kappa shape index (κ3) is 1.74. The van der Waals surface area contributed by atoms with E-state index in [-0.39, 0.29) is 0 Å². The smallest absolute Gasteiger partial charge is 0.145 e. The van der Waals surface area contributed by atoms with Gasteiger partial charge in [0.2, 0.25) is 0 Å². The van der Waals surface area contributed by atoms with Crippen molar-refractivity contribution in [2.45, 2.75) is 13.8 Å². The predicted octanol–water partition coefficient (Wildman–Crippen LogP) is 2.28. The Bertz CT molecular complexity index is 494. The molecular formula is C12H15N3O. The van der Waals surface area contributed by atoms with E-state index in [9.17, 15) is 0 Å². The van der Waals surface area contributed by atoms with E-state index in [0.29, 0.717) is 5.82 Å². The van der Waals surface area contributed by atoms with Crippen molar-refractivity contribution in [2.24, 2.45) is 0 Å². The fraction of sp³-hybridized carbons (Fsp3) is 0.250. The molecular weight excluding hydrogens is 202 g/mol. The Morgan fingerprint density at radius 1 is 1.19 bits per heavy atom. The average Bonchev–Trinajstić information content (AvgIpc) is 2.63. The van der Waals surface area contributed by atoms with E-state index in [1.165, 1.54) is 0 Å². The van der Waals surface area contributed by atoms with Gasteiger partial charge >= 0.3 is 0 Å². The van der Waals surface area contributed by atoms with Crippen LogP contribution in [-0.4, -0.2) is 17.3 Å². The molecule has 1 aromatic heterocycles. The number of H-pyrrole nitrogens is 1. The molecule has 0 aliphatic heterocycles. The lowest BCUT2D eigenvalue weighted by Crippen LogP contribution is -1.91. The Kier molecular flexibility index (Phi) is 2.56. The van der Waals surface area contributed by atoms with Gasteiger partial charge < -0.3 is 10.5 Å². The zero-order valence-corrected chi connectivity index (χ0v) is 9.66. The fourth-order valence-electron chi connectivity index (χ4n) is 1.93. The lowest BCUT2D eigenvalue weighted by Gasteiger charge is -2.10. The van der Waals surface area contributed by atoms with Crippen LogP contribution in [0.4, 0.5) is 5.82 Å². The quantitative estimate of drug-likeness (QED) is 0.811. The number of hydrogen-bond donors (Lipinski definition) is 2. The molecule has 4 heteroatoms. The number of anilines is 1. The summed E-state index contributed by atoms with van der Waals surface area (Å²) in [5, 5.41) is 6.86. The van der Waals surface area contributed by atoms with E-state index in [0.717, 1.165) is 28.1 Å². The number of ether oxygens (including phenoxy) is 1. The molecule has 3 N–H and O–H groups in total. The molecule has 0 amide bonds. The monoisotopic (exact) mass is 217 g/mol. The number of benzene rings is 1. The van der Waals surface area contributed by atoms with Crippen LogP contribution in [0, 0.1) is 13.8 Å². The van der Waals surface area contributed by atoms with E-state index in [1.807, 2.05) is 32.0 Å². The van der Waals surface area contributed by atoms with E-state index in [1.54, 1.807) is 7.11 Å². The van der Waals surface area contributed by atoms with Crippen LogP contribution < -0.4 is 10.5 Å². The number of aryl methyl sites for hydroxylation is 2. The van der Waals surface area contributed by atoms with Crippen molar-refractivity contribution in [3.8, 4) is 17.0 Å². The van der Waals surface area contributed by atoms with Gasteiger partial charge in [-0.1, -0.05) is 0 Å². The number of rotatable bonds is 2. The number of nitrogens with one attached hydrogen (secondary N) is 1. The van der Waals surface area contributed by atoms with Crippen molar-refractivity contribution in [1.29, 1.82) is 0 Å². The number of hydrogen-bond acceptors (Lipinski definition) is 3. The van der Waals surface area contributed by atoms with Crippen molar-refractivity contribution >= 4 is 5.82 Å². The maximum Gasteiger partial charge on any atom is 0.145 e. The zero-order chi connectivity index (χ0) is 11.7. The standard InChI is InChI=1S/C12H15N3O/c1-7-4-9(16-3)5-8(2)12(7)10-6-11(13)15-14-10/h4-6H,1-3H3,(H3,13,14,15). The van der Waals surface area contributed by atoms with Crippen LogP contribution in [0.3, 0.4) is 0 Å². The maximum atomic E-state index is 5.61. The Labute approximate surface area is 94.4 Å². The van der Waals surface area contributed by atoms with Gasteiger partial charge in [0.15, 0.2) is 0 Å². The SMILES string of the molecule is COc1cc(C)c(-c2cc(N)n[nH]2)c(C)c1. The highest BCUT2D eigenvalue weighted by atomic mass is 16.5. The number of aromatic amines is 1. The second-order valence-electron chi connectivity index (χ2n) is 3.84. The van der Waals surface area contributed by atoms with Crippen molar-refractivity contribution < 1.29 is 4.74 Å². The van der Waals surface area contributed by atoms with Crippen LogP contribution in [0.15, 0.2) is 18.2 Å². The first-order valence-corrected chi connectivity index (χ1v) is 5.08. The summed E-state index contributed by atoms with van der Waals surface area (Å²) in [6.07, 6.45) is 0. The molecule has 2 aromatic rings. The lowest BCUT2D eigenvalue weighted by atomic mass is 9.99. The molecule has 4 nitrogen and oxygen atoms in total. The molecule has 0 bridgehead atoms. The first kappa shape index (κ1) is 10.5. The van der Waals surface area contributed by atoms with Gasteiger partial charge in [0.05, 0.1) is 12.8 Å². The number of nitrogens with zero attached hydrogens (tertiary/aromatic N) is 1. The Morgan fingerprint density at radius 2 is 1.81 bits per heavy atom. The van der Waals surface area contributed by atoms with E-state index < -0.39 is 0 Å². The molecule has 0 atom stereocenters. The fourth-order valence-corrected chi connectivity index (χ4v) is 1.93. The molecule has 0 aliphatic rings. The van der Waals surface area contributed by atoms with Gasteiger partial charge in [-0.2, -0.15) is 5.10 Å². The number of aromatic nitrogens is 2. The maximum absolute atomic E-state index is 5.61. The highest BCUT2D eigenvalue weighted by Crippen LogP contribution is 2.30. The molecule has 2 rings (SSSR count). The van der Waals surface area contributed by atoms with Crippen LogP contribution in [0.1, 0.15) is 11.1 Å². The van der Waals surface area contributed by atoms with Gasteiger partial charge in [-0.05, 0) is 37.1 Å². The van der Waals surface area contributed by atoms with Gasteiger partial charge in [0.25, 0.3) is 0 Å². The molecule has 0 saturated heterocycles. The van der Waals surface area contributed by atoms with E-state index >= 15 is 0 Å². The number of methoxy groups -OCH3 is 1. The minimum absolute atomic E-state index is 0.504. The molecule has 0 saturated carbocycles. The molecule has 0 aliphatic carbocycles. The Hall–Kier alpha value is -1.97. The van der Waals surface area contributed by atoms with Crippen molar-refractivity contribution in [3.05, 3.63) is 29.3 Å². The first-order chi connectivity index (χ1) is 7.61. The van der Waals surface area contributed by atoms with Crippen LogP contribution in [-0.2, 0) is 0 Å². The van der Waals surface area contributed by atoms with Gasteiger partial charge in [0, 0.05) is 11.6 Å². The van der Waals surface area contributed by atoms with Crippen LogP contribution in [0.2, 0.25) is 0 Å². The summed E-state index contributed by atoms with van der Waals surface area (Å²) >= 11 is 0. The Balaban J connectivity index is 2.57. The molecule has 0 spiro atoms. The van der Waals surface area contributed by atoms with Crippen LogP contribution in [0.25, 0.3) is 11.3 Å². The average molecular weight is 217 g/mol. The van der Waals surface area contributed by atoms with Gasteiger partial charge in [-0.25, -0.2) is 0 Å². The normalized spacial score (nSPS) is 10.4. The minimum atomic E-state index is 0.504. The summed E-state index contributed by atoms with van der Waals surface area (Å²) in [4.78, 5) is 0. The van der Waals surface area contributed by atoms with Crippen LogP contribution in [0.5, 0.6) is 5.75 Å². The Morgan fingerprint density at radius 3 is 2.25 bits per heavy atom. The lowest BCUT2D eigenvalue weighted by molar-refractivity contribution is 0.414. The van der Waals surface area contributed by atoms with Gasteiger partial charge in [0.1, 0.15) is 11.6 Å². The summed E-state index contributed by atoms with van der Waals surface area (Å²) in [5.74, 6) is 1.37. The molecule has 84 valence electrons. The molecule has 0 radical (unpaired) electrons. The second-order valence-corrected chi connectivity index (χ2v) is 3.84. The van der Waals surface area contributed by atoms with Crippen LogP contribution >= 0.6 is 0 Å². The molecule has 0 fully saturated rings. The third-order valence-electron chi connectivity index (χ3n) is 2.61. The van der Waals surface area contributed by atoms with Gasteiger partial charge in [-0.3, -0.25) is 5.10 Å². The van der Waals surface area contributed by atoms with Crippen molar-refractivity contribution in [2.75, 3.05) is 12.8 Å².